The van der Waals surface area contributed by atoms with Crippen LogP contribution in [0.25, 0.3) is 0 Å². The monoisotopic (exact) mass is 519 g/mol. The Bertz CT molecular complexity index is 1050. The predicted molar refractivity (Wildman–Crippen MR) is 122 cm³/mol. The number of hydrogen-bond acceptors (Lipinski definition) is 8. The summed E-state index contributed by atoms with van der Waals surface area (Å²) in [4.78, 5) is 2.18. The first-order valence-electron chi connectivity index (χ1n) is 10.9. The van der Waals surface area contributed by atoms with E-state index in [0.29, 0.717) is 11.5 Å². The second kappa shape index (κ2) is 10.9. The summed E-state index contributed by atoms with van der Waals surface area (Å²) in [6.45, 7) is 2.33. The van der Waals surface area contributed by atoms with Crippen LogP contribution in [-0.2, 0) is 14.3 Å². The second-order valence-electron chi connectivity index (χ2n) is 8.57. The van der Waals surface area contributed by atoms with Gasteiger partial charge in [-0.25, -0.2) is 0 Å². The number of benzene rings is 2. The smallest absolute Gasteiger partial charge is 0.491 e. The number of ether oxygens (including phenoxy) is 3. The molecule has 2 aromatic carbocycles. The highest BCUT2D eigenvalue weighted by Crippen LogP contribution is 2.28. The number of hydrogen-bond donors (Lipinski definition) is 1. The van der Waals surface area contributed by atoms with Crippen LogP contribution >= 0.6 is 0 Å². The van der Waals surface area contributed by atoms with Crippen molar-refractivity contribution < 1.29 is 45.1 Å². The third-order valence-corrected chi connectivity index (χ3v) is 5.68. The van der Waals surface area contributed by atoms with Crippen LogP contribution in [0.4, 0.5) is 18.9 Å². The average Bonchev–Trinajstić information content (AvgIpc) is 2.77. The maximum absolute atomic E-state index is 12.3. The van der Waals surface area contributed by atoms with E-state index in [1.54, 1.807) is 12.1 Å². The van der Waals surface area contributed by atoms with Crippen LogP contribution < -0.4 is 19.1 Å². The van der Waals surface area contributed by atoms with Gasteiger partial charge in [-0.3, -0.25) is 4.18 Å². The summed E-state index contributed by atoms with van der Waals surface area (Å²) in [6, 6.07) is 12.6. The highest BCUT2D eigenvalue weighted by molar-refractivity contribution is 7.85. The minimum atomic E-state index is -4.73. The predicted octanol–water partition coefficient (Wildman–Crippen LogP) is 3.74. The molecular formula is C23H28F3NO7S. The molecule has 2 aromatic rings. The van der Waals surface area contributed by atoms with E-state index >= 15 is 0 Å². The zero-order valence-electron chi connectivity index (χ0n) is 19.3. The van der Waals surface area contributed by atoms with Gasteiger partial charge in [-0.1, -0.05) is 0 Å². The molecule has 1 aliphatic heterocycles. The van der Waals surface area contributed by atoms with E-state index in [2.05, 4.69) is 13.8 Å². The molecule has 35 heavy (non-hydrogen) atoms. The largest absolute Gasteiger partial charge is 0.573 e. The van der Waals surface area contributed by atoms with Crippen LogP contribution in [0.2, 0.25) is 0 Å². The Balaban J connectivity index is 1.44. The summed E-state index contributed by atoms with van der Waals surface area (Å²) in [5, 5.41) is 10.2. The van der Waals surface area contributed by atoms with Crippen LogP contribution in [0, 0.1) is 0 Å². The molecule has 0 unspecified atom stereocenters. The van der Waals surface area contributed by atoms with Gasteiger partial charge >= 0.3 is 6.36 Å². The average molecular weight is 520 g/mol. The molecule has 1 fully saturated rings. The van der Waals surface area contributed by atoms with Crippen molar-refractivity contribution in [3.63, 3.8) is 0 Å². The Morgan fingerprint density at radius 1 is 0.943 bits per heavy atom. The van der Waals surface area contributed by atoms with Gasteiger partial charge in [-0.05, 0) is 55.5 Å². The second-order valence-corrected chi connectivity index (χ2v) is 10.2. The molecule has 0 aliphatic carbocycles. The van der Waals surface area contributed by atoms with Gasteiger partial charge in [0.2, 0.25) is 0 Å². The standard InChI is InChI=1S/C23H28F3NO7S/c1-22(28,16-32-35(2,29)30)15-31-18-5-3-17(4-6-18)27-13-11-20(12-14-27)33-19-7-9-21(10-8-19)34-23(24,25)26/h3-10,20,28H,11-16H2,1-2H3/t22-/m0/s1. The number of nitrogens with zero attached hydrogens (tertiary/aromatic N) is 1. The molecule has 1 aliphatic rings. The van der Waals surface area contributed by atoms with E-state index in [9.17, 15) is 26.7 Å². The van der Waals surface area contributed by atoms with Crippen molar-refractivity contribution in [1.82, 2.24) is 0 Å². The van der Waals surface area contributed by atoms with Gasteiger partial charge < -0.3 is 24.2 Å². The zero-order valence-corrected chi connectivity index (χ0v) is 20.1. The highest BCUT2D eigenvalue weighted by Gasteiger charge is 2.31. The fourth-order valence-corrected chi connectivity index (χ4v) is 3.88. The van der Waals surface area contributed by atoms with Gasteiger partial charge in [-0.15, -0.1) is 13.2 Å². The number of anilines is 1. The summed E-state index contributed by atoms with van der Waals surface area (Å²) in [6.07, 6.45) is -2.40. The van der Waals surface area contributed by atoms with Crippen molar-refractivity contribution in [3.8, 4) is 17.2 Å². The van der Waals surface area contributed by atoms with Crippen molar-refractivity contribution in [3.05, 3.63) is 48.5 Å². The van der Waals surface area contributed by atoms with Crippen LogP contribution in [-0.4, -0.2) is 64.2 Å². The van der Waals surface area contributed by atoms with Crippen molar-refractivity contribution in [2.45, 2.75) is 37.8 Å². The van der Waals surface area contributed by atoms with E-state index in [1.807, 2.05) is 12.1 Å². The lowest BCUT2D eigenvalue weighted by molar-refractivity contribution is -0.274. The summed E-state index contributed by atoms with van der Waals surface area (Å²) < 4.78 is 78.9. The topological polar surface area (TPSA) is 94.5 Å². The number of piperidine rings is 1. The first-order valence-corrected chi connectivity index (χ1v) is 12.7. The van der Waals surface area contributed by atoms with E-state index in [0.717, 1.165) is 37.9 Å². The molecule has 0 aromatic heterocycles. The first kappa shape index (κ1) is 26.9. The Labute approximate surface area is 202 Å². The van der Waals surface area contributed by atoms with Crippen LogP contribution in [0.5, 0.6) is 17.2 Å². The van der Waals surface area contributed by atoms with Gasteiger partial charge in [0.15, 0.2) is 0 Å². The Morgan fingerprint density at radius 2 is 1.49 bits per heavy atom. The fraction of sp³-hybridized carbons (Fsp3) is 0.478. The summed E-state index contributed by atoms with van der Waals surface area (Å²) in [5.74, 6) is 0.708. The SMILES string of the molecule is C[C@](O)(COc1ccc(N2CCC(Oc3ccc(OC(F)(F)F)cc3)CC2)cc1)COS(C)(=O)=O. The maximum atomic E-state index is 12.3. The third kappa shape index (κ3) is 9.46. The van der Waals surface area contributed by atoms with Crippen LogP contribution in [0.1, 0.15) is 19.8 Å². The summed E-state index contributed by atoms with van der Waals surface area (Å²) >= 11 is 0. The number of rotatable bonds is 10. The molecule has 0 bridgehead atoms. The molecule has 0 spiro atoms. The molecule has 1 atom stereocenters. The molecule has 0 amide bonds. The normalized spacial score (nSPS) is 17.0. The minimum Gasteiger partial charge on any atom is -0.491 e. The van der Waals surface area contributed by atoms with Crippen molar-refractivity contribution in [1.29, 1.82) is 0 Å². The zero-order chi connectivity index (χ0) is 25.7. The lowest BCUT2D eigenvalue weighted by atomic mass is 10.1. The molecule has 12 heteroatoms. The molecular weight excluding hydrogens is 491 g/mol. The quantitative estimate of drug-likeness (QED) is 0.475. The lowest BCUT2D eigenvalue weighted by Crippen LogP contribution is -2.38. The summed E-state index contributed by atoms with van der Waals surface area (Å²) in [5.41, 5.74) is -0.494. The molecule has 8 nitrogen and oxygen atoms in total. The lowest BCUT2D eigenvalue weighted by Gasteiger charge is -2.33. The Kier molecular flexibility index (Phi) is 8.39. The molecule has 1 N–H and O–H groups in total. The number of alkyl halides is 3. The van der Waals surface area contributed by atoms with Gasteiger partial charge in [-0.2, -0.15) is 8.42 Å². The first-order chi connectivity index (χ1) is 16.3. The summed E-state index contributed by atoms with van der Waals surface area (Å²) in [7, 11) is -3.66. The van der Waals surface area contributed by atoms with E-state index in [1.165, 1.54) is 31.2 Å². The van der Waals surface area contributed by atoms with E-state index in [-0.39, 0.29) is 18.5 Å². The van der Waals surface area contributed by atoms with Crippen LogP contribution in [0.15, 0.2) is 48.5 Å². The maximum Gasteiger partial charge on any atom is 0.573 e. The van der Waals surface area contributed by atoms with Gasteiger partial charge in [0.25, 0.3) is 10.1 Å². The van der Waals surface area contributed by atoms with E-state index in [4.69, 9.17) is 9.47 Å². The van der Waals surface area contributed by atoms with Crippen LogP contribution in [0.3, 0.4) is 0 Å². The van der Waals surface area contributed by atoms with Crippen molar-refractivity contribution >= 4 is 15.8 Å². The van der Waals surface area contributed by atoms with Gasteiger partial charge in [0.05, 0.1) is 12.9 Å². The number of aliphatic hydroxyl groups is 1. The Morgan fingerprint density at radius 3 is 2.03 bits per heavy atom. The molecule has 0 saturated carbocycles. The van der Waals surface area contributed by atoms with Crippen molar-refractivity contribution in [2.75, 3.05) is 37.5 Å². The molecule has 1 saturated heterocycles. The van der Waals surface area contributed by atoms with Crippen molar-refractivity contribution in [2.24, 2.45) is 0 Å². The molecule has 3 rings (SSSR count). The Hall–Kier alpha value is -2.70. The van der Waals surface area contributed by atoms with Gasteiger partial charge in [0, 0.05) is 31.6 Å². The third-order valence-electron chi connectivity index (χ3n) is 5.14. The van der Waals surface area contributed by atoms with E-state index < -0.39 is 28.7 Å². The fourth-order valence-electron chi connectivity index (χ4n) is 3.41. The van der Waals surface area contributed by atoms with Gasteiger partial charge in [0.1, 0.15) is 35.6 Å². The highest BCUT2D eigenvalue weighted by atomic mass is 32.2. The molecule has 1 heterocycles. The molecule has 194 valence electrons. The molecule has 0 radical (unpaired) electrons. The number of halogens is 3. The minimum absolute atomic E-state index is 0.0559.